The fraction of sp³-hybridized carbons (Fsp3) is 0.474. The van der Waals surface area contributed by atoms with Gasteiger partial charge in [0.05, 0.1) is 43.9 Å². The van der Waals surface area contributed by atoms with Gasteiger partial charge in [0.2, 0.25) is 0 Å². The van der Waals surface area contributed by atoms with Crippen LogP contribution >= 0.6 is 24.0 Å². The zero-order chi connectivity index (χ0) is 20.4. The number of aromatic nitrogens is 2. The van der Waals surface area contributed by atoms with E-state index in [0.717, 1.165) is 29.6 Å². The van der Waals surface area contributed by atoms with Gasteiger partial charge in [-0.2, -0.15) is 0 Å². The van der Waals surface area contributed by atoms with Crippen molar-refractivity contribution >= 4 is 39.8 Å². The van der Waals surface area contributed by atoms with E-state index in [1.54, 1.807) is 0 Å². The standard InChI is InChI=1S/C19H29N5O3S.HI/c1-4-20-19(21-10-11-27-12-13-28(3,25)26)24(2)15-18-22-14-17(23-18)16-8-6-5-7-9-16;/h5-9,14H,4,10-13,15H2,1-3H3,(H,20,21)(H,22,23);1H. The summed E-state index contributed by atoms with van der Waals surface area (Å²) in [4.78, 5) is 14.3. The number of sulfone groups is 1. The van der Waals surface area contributed by atoms with E-state index in [4.69, 9.17) is 4.74 Å². The summed E-state index contributed by atoms with van der Waals surface area (Å²) in [7, 11) is -1.05. The van der Waals surface area contributed by atoms with Crippen molar-refractivity contribution in [2.24, 2.45) is 4.99 Å². The summed E-state index contributed by atoms with van der Waals surface area (Å²) in [6.07, 6.45) is 3.03. The zero-order valence-corrected chi connectivity index (χ0v) is 20.2. The molecule has 1 aromatic carbocycles. The molecular weight excluding hydrogens is 505 g/mol. The van der Waals surface area contributed by atoms with Crippen LogP contribution < -0.4 is 5.32 Å². The predicted octanol–water partition coefficient (Wildman–Crippen LogP) is 2.15. The van der Waals surface area contributed by atoms with Gasteiger partial charge < -0.3 is 19.9 Å². The SMILES string of the molecule is CCNC(=NCCOCCS(C)(=O)=O)N(C)Cc1ncc(-c2ccccc2)[nH]1.I. The van der Waals surface area contributed by atoms with Gasteiger partial charge in [-0.3, -0.25) is 4.99 Å². The molecule has 0 unspecified atom stereocenters. The molecule has 10 heteroatoms. The van der Waals surface area contributed by atoms with E-state index in [9.17, 15) is 8.42 Å². The van der Waals surface area contributed by atoms with Crippen LogP contribution in [0.4, 0.5) is 0 Å². The summed E-state index contributed by atoms with van der Waals surface area (Å²) in [5, 5.41) is 3.24. The van der Waals surface area contributed by atoms with Gasteiger partial charge in [0.15, 0.2) is 5.96 Å². The molecule has 162 valence electrons. The van der Waals surface area contributed by atoms with Crippen molar-refractivity contribution in [3.8, 4) is 11.3 Å². The van der Waals surface area contributed by atoms with E-state index in [2.05, 4.69) is 20.3 Å². The van der Waals surface area contributed by atoms with Crippen LogP contribution in [0.3, 0.4) is 0 Å². The van der Waals surface area contributed by atoms with Crippen LogP contribution in [0.5, 0.6) is 0 Å². The molecule has 0 radical (unpaired) electrons. The molecule has 1 aromatic heterocycles. The Morgan fingerprint density at radius 1 is 1.28 bits per heavy atom. The minimum Gasteiger partial charge on any atom is -0.378 e. The first-order chi connectivity index (χ1) is 13.4. The van der Waals surface area contributed by atoms with Gasteiger partial charge >= 0.3 is 0 Å². The van der Waals surface area contributed by atoms with E-state index in [1.807, 2.05) is 55.4 Å². The Balaban J connectivity index is 0.00000420. The highest BCUT2D eigenvalue weighted by Gasteiger charge is 2.10. The van der Waals surface area contributed by atoms with Gasteiger partial charge in [0, 0.05) is 19.8 Å². The predicted molar refractivity (Wildman–Crippen MR) is 127 cm³/mol. The Morgan fingerprint density at radius 2 is 2.00 bits per heavy atom. The number of aromatic amines is 1. The van der Waals surface area contributed by atoms with Crippen LogP contribution in [0.15, 0.2) is 41.5 Å². The molecule has 0 aliphatic rings. The first kappa shape index (κ1) is 25.4. The maximum Gasteiger partial charge on any atom is 0.194 e. The normalized spacial score (nSPS) is 11.8. The number of hydrogen-bond acceptors (Lipinski definition) is 5. The minimum absolute atomic E-state index is 0. The van der Waals surface area contributed by atoms with Crippen molar-refractivity contribution in [1.29, 1.82) is 0 Å². The number of rotatable bonds is 10. The van der Waals surface area contributed by atoms with E-state index < -0.39 is 9.84 Å². The maximum absolute atomic E-state index is 11.1. The summed E-state index contributed by atoms with van der Waals surface area (Å²) in [5.74, 6) is 1.61. The smallest absolute Gasteiger partial charge is 0.194 e. The number of imidazole rings is 1. The number of nitrogens with one attached hydrogen (secondary N) is 2. The number of guanidine groups is 1. The number of benzene rings is 1. The van der Waals surface area contributed by atoms with Gasteiger partial charge in [0.1, 0.15) is 15.7 Å². The highest BCUT2D eigenvalue weighted by Crippen LogP contribution is 2.16. The van der Waals surface area contributed by atoms with E-state index in [1.165, 1.54) is 6.26 Å². The van der Waals surface area contributed by atoms with Crippen molar-refractivity contribution in [3.05, 3.63) is 42.4 Å². The molecule has 0 atom stereocenters. The summed E-state index contributed by atoms with van der Waals surface area (Å²) >= 11 is 0. The number of aliphatic imine (C=N–C) groups is 1. The van der Waals surface area contributed by atoms with Gasteiger partial charge in [0.25, 0.3) is 0 Å². The summed E-state index contributed by atoms with van der Waals surface area (Å²) in [5.41, 5.74) is 2.07. The molecule has 0 spiro atoms. The molecule has 2 rings (SSSR count). The fourth-order valence-corrected chi connectivity index (χ4v) is 2.93. The van der Waals surface area contributed by atoms with E-state index in [-0.39, 0.29) is 36.3 Å². The fourth-order valence-electron chi connectivity index (χ4n) is 2.50. The molecule has 8 nitrogen and oxygen atoms in total. The lowest BCUT2D eigenvalue weighted by molar-refractivity contribution is 0.157. The molecule has 0 saturated heterocycles. The lowest BCUT2D eigenvalue weighted by atomic mass is 10.2. The van der Waals surface area contributed by atoms with Crippen LogP contribution in [0.2, 0.25) is 0 Å². The van der Waals surface area contributed by atoms with Crippen LogP contribution in [0, 0.1) is 0 Å². The molecule has 2 aromatic rings. The molecule has 2 N–H and O–H groups in total. The van der Waals surface area contributed by atoms with Crippen molar-refractivity contribution < 1.29 is 13.2 Å². The quantitative estimate of drug-likeness (QED) is 0.210. The van der Waals surface area contributed by atoms with E-state index in [0.29, 0.717) is 19.7 Å². The highest BCUT2D eigenvalue weighted by molar-refractivity contribution is 14.0. The summed E-state index contributed by atoms with van der Waals surface area (Å²) < 4.78 is 27.5. The molecule has 0 amide bonds. The first-order valence-corrected chi connectivity index (χ1v) is 11.3. The van der Waals surface area contributed by atoms with Crippen molar-refractivity contribution in [3.63, 3.8) is 0 Å². The van der Waals surface area contributed by atoms with Crippen molar-refractivity contribution in [1.82, 2.24) is 20.2 Å². The Hall–Kier alpha value is -1.66. The average molecular weight is 535 g/mol. The van der Waals surface area contributed by atoms with Crippen LogP contribution in [0.1, 0.15) is 12.7 Å². The molecule has 0 saturated carbocycles. The van der Waals surface area contributed by atoms with Gasteiger partial charge in [-0.1, -0.05) is 30.3 Å². The second kappa shape index (κ2) is 12.8. The molecule has 0 aliphatic heterocycles. The second-order valence-corrected chi connectivity index (χ2v) is 8.70. The maximum atomic E-state index is 11.1. The Bertz CT molecular complexity index is 856. The van der Waals surface area contributed by atoms with Crippen molar-refractivity contribution in [2.45, 2.75) is 13.5 Å². The minimum atomic E-state index is -2.99. The lowest BCUT2D eigenvalue weighted by Gasteiger charge is -2.21. The third-order valence-corrected chi connectivity index (χ3v) is 4.80. The molecule has 1 heterocycles. The summed E-state index contributed by atoms with van der Waals surface area (Å²) in [6.45, 7) is 4.34. The number of halogens is 1. The summed E-state index contributed by atoms with van der Waals surface area (Å²) in [6, 6.07) is 10.1. The molecule has 0 bridgehead atoms. The third-order valence-electron chi connectivity index (χ3n) is 3.89. The number of H-pyrrole nitrogens is 1. The molecular formula is C19H30IN5O3S. The largest absolute Gasteiger partial charge is 0.378 e. The molecule has 0 aliphatic carbocycles. The second-order valence-electron chi connectivity index (χ2n) is 6.44. The van der Waals surface area contributed by atoms with Gasteiger partial charge in [-0.15, -0.1) is 24.0 Å². The van der Waals surface area contributed by atoms with Crippen molar-refractivity contribution in [2.75, 3.05) is 45.4 Å². The third kappa shape index (κ3) is 9.59. The van der Waals surface area contributed by atoms with Gasteiger partial charge in [-0.25, -0.2) is 13.4 Å². The van der Waals surface area contributed by atoms with Gasteiger partial charge in [-0.05, 0) is 12.5 Å². The number of nitrogens with zero attached hydrogens (tertiary/aromatic N) is 3. The number of hydrogen-bond donors (Lipinski definition) is 2. The highest BCUT2D eigenvalue weighted by atomic mass is 127. The zero-order valence-electron chi connectivity index (χ0n) is 17.1. The Morgan fingerprint density at radius 3 is 2.66 bits per heavy atom. The average Bonchev–Trinajstić information content (AvgIpc) is 3.12. The van der Waals surface area contributed by atoms with Crippen LogP contribution in [-0.4, -0.2) is 74.6 Å². The lowest BCUT2D eigenvalue weighted by Crippen LogP contribution is -2.39. The monoisotopic (exact) mass is 535 g/mol. The molecule has 0 fully saturated rings. The Kier molecular flexibility index (Phi) is 11.2. The van der Waals surface area contributed by atoms with Crippen LogP contribution in [-0.2, 0) is 21.1 Å². The first-order valence-electron chi connectivity index (χ1n) is 9.23. The van der Waals surface area contributed by atoms with Crippen LogP contribution in [0.25, 0.3) is 11.3 Å². The molecule has 29 heavy (non-hydrogen) atoms. The topological polar surface area (TPSA) is 99.7 Å². The number of ether oxygens (including phenoxy) is 1. The Labute approximate surface area is 190 Å². The van der Waals surface area contributed by atoms with E-state index >= 15 is 0 Å².